The molecule has 0 saturated carbocycles. The molecule has 4 rings (SSSR count). The Bertz CT molecular complexity index is 1330. The van der Waals surface area contributed by atoms with Crippen LogP contribution in [0, 0.1) is 23.7 Å². The summed E-state index contributed by atoms with van der Waals surface area (Å²) in [7, 11) is 1.58. The second-order valence-corrected chi connectivity index (χ2v) is 9.48. The standard InChI is InChI=1S/C29H29F3N2O4/c1-38-22-9-10-26-24(17-22)23(12-14-33-26)27(35)11-6-20-13-16-34(18-25(20)28(36)37)15-2-3-19-4-7-21(8-5-19)29(30,31)32/h4-5,7-10,12,14,17,20,25,27,35H,6,11,13,15-16,18H2,1H3,(H,36,37)/t20-,25+,27?/m1/s1. The fourth-order valence-corrected chi connectivity index (χ4v) is 4.92. The number of carbonyl (C=O) groups is 1. The van der Waals surface area contributed by atoms with E-state index in [1.54, 1.807) is 19.4 Å². The van der Waals surface area contributed by atoms with E-state index in [0.29, 0.717) is 50.2 Å². The van der Waals surface area contributed by atoms with Gasteiger partial charge in [-0.3, -0.25) is 14.7 Å². The summed E-state index contributed by atoms with van der Waals surface area (Å²) in [5.41, 5.74) is 1.22. The number of methoxy groups -OCH3 is 1. The van der Waals surface area contributed by atoms with Crippen molar-refractivity contribution in [2.75, 3.05) is 26.7 Å². The minimum atomic E-state index is -4.39. The van der Waals surface area contributed by atoms with Crippen molar-refractivity contribution in [3.8, 4) is 17.6 Å². The third kappa shape index (κ3) is 6.63. The molecule has 9 heteroatoms. The number of carboxylic acid groups (broad SMARTS) is 1. The number of rotatable bonds is 7. The number of benzene rings is 2. The van der Waals surface area contributed by atoms with Crippen LogP contribution in [-0.4, -0.2) is 52.8 Å². The monoisotopic (exact) mass is 526 g/mol. The number of fused-ring (bicyclic) bond motifs is 1. The normalized spacial score (nSPS) is 19.0. The van der Waals surface area contributed by atoms with Crippen molar-refractivity contribution in [3.05, 3.63) is 71.4 Å². The summed E-state index contributed by atoms with van der Waals surface area (Å²) in [5, 5.41) is 21.6. The largest absolute Gasteiger partial charge is 0.497 e. The zero-order chi connectivity index (χ0) is 27.3. The van der Waals surface area contributed by atoms with Gasteiger partial charge in [0.15, 0.2) is 0 Å². The van der Waals surface area contributed by atoms with Gasteiger partial charge >= 0.3 is 12.1 Å². The molecule has 1 aromatic heterocycles. The van der Waals surface area contributed by atoms with Crippen molar-refractivity contribution >= 4 is 16.9 Å². The van der Waals surface area contributed by atoms with Gasteiger partial charge in [-0.05, 0) is 85.8 Å². The zero-order valence-corrected chi connectivity index (χ0v) is 20.9. The summed E-state index contributed by atoms with van der Waals surface area (Å²) < 4.78 is 43.4. The van der Waals surface area contributed by atoms with Crippen molar-refractivity contribution < 1.29 is 32.9 Å². The van der Waals surface area contributed by atoms with Gasteiger partial charge in [-0.1, -0.05) is 11.8 Å². The first-order valence-corrected chi connectivity index (χ1v) is 12.4. The molecule has 0 aliphatic carbocycles. The number of ether oxygens (including phenoxy) is 1. The molecule has 2 aromatic carbocycles. The van der Waals surface area contributed by atoms with Crippen LogP contribution in [0.4, 0.5) is 13.2 Å². The van der Waals surface area contributed by atoms with E-state index in [1.165, 1.54) is 12.1 Å². The minimum Gasteiger partial charge on any atom is -0.497 e. The molecule has 200 valence electrons. The molecule has 0 spiro atoms. The molecule has 1 aliphatic rings. The summed E-state index contributed by atoms with van der Waals surface area (Å²) in [5.74, 6) is 4.89. The maximum absolute atomic E-state index is 12.7. The van der Waals surface area contributed by atoms with Gasteiger partial charge in [-0.25, -0.2) is 0 Å². The third-order valence-electron chi connectivity index (χ3n) is 7.06. The number of aromatic nitrogens is 1. The second-order valence-electron chi connectivity index (χ2n) is 9.48. The Labute approximate surface area is 219 Å². The molecule has 1 aliphatic heterocycles. The van der Waals surface area contributed by atoms with Crippen molar-refractivity contribution in [1.82, 2.24) is 9.88 Å². The molecule has 1 fully saturated rings. The maximum Gasteiger partial charge on any atom is 0.416 e. The van der Waals surface area contributed by atoms with Crippen molar-refractivity contribution in [3.63, 3.8) is 0 Å². The SMILES string of the molecule is COc1ccc2nccc(C(O)CC[C@@H]3CCN(CC#Cc4ccc(C(F)(F)F)cc4)C[C@@H]3C(=O)O)c2c1. The lowest BCUT2D eigenvalue weighted by Gasteiger charge is -2.36. The smallest absolute Gasteiger partial charge is 0.416 e. The van der Waals surface area contributed by atoms with E-state index in [0.717, 1.165) is 28.6 Å². The van der Waals surface area contributed by atoms with Crippen molar-refractivity contribution in [1.29, 1.82) is 0 Å². The first-order valence-electron chi connectivity index (χ1n) is 12.4. The number of aliphatic hydroxyl groups is 1. The van der Waals surface area contributed by atoms with Gasteiger partial charge in [-0.2, -0.15) is 13.2 Å². The number of hydrogen-bond donors (Lipinski definition) is 2. The van der Waals surface area contributed by atoms with Crippen LogP contribution in [0.2, 0.25) is 0 Å². The molecular weight excluding hydrogens is 497 g/mol. The summed E-state index contributed by atoms with van der Waals surface area (Å²) in [4.78, 5) is 18.3. The lowest BCUT2D eigenvalue weighted by atomic mass is 9.81. The average Bonchev–Trinajstić information content (AvgIpc) is 2.91. The van der Waals surface area contributed by atoms with E-state index in [9.17, 15) is 28.2 Å². The number of aliphatic hydroxyl groups excluding tert-OH is 1. The number of pyridine rings is 1. The molecule has 3 atom stereocenters. The van der Waals surface area contributed by atoms with Crippen LogP contribution in [0.1, 0.15) is 42.1 Å². The average molecular weight is 527 g/mol. The summed E-state index contributed by atoms with van der Waals surface area (Å²) in [6.45, 7) is 1.31. The fraction of sp³-hybridized carbons (Fsp3) is 0.379. The number of hydrogen-bond acceptors (Lipinski definition) is 5. The number of nitrogens with zero attached hydrogens (tertiary/aromatic N) is 2. The topological polar surface area (TPSA) is 82.9 Å². The highest BCUT2D eigenvalue weighted by Gasteiger charge is 2.34. The Morgan fingerprint density at radius 3 is 2.66 bits per heavy atom. The molecule has 2 N–H and O–H groups in total. The molecule has 2 heterocycles. The van der Waals surface area contributed by atoms with E-state index in [2.05, 4.69) is 16.8 Å². The Kier molecular flexibility index (Phi) is 8.55. The number of likely N-dealkylation sites (tertiary alicyclic amines) is 1. The minimum absolute atomic E-state index is 0.0936. The van der Waals surface area contributed by atoms with Gasteiger partial charge in [0.2, 0.25) is 0 Å². The molecule has 3 aromatic rings. The number of carboxylic acids is 1. The number of aliphatic carboxylic acids is 1. The van der Waals surface area contributed by atoms with E-state index in [-0.39, 0.29) is 5.92 Å². The quantitative estimate of drug-likeness (QED) is 0.415. The fourth-order valence-electron chi connectivity index (χ4n) is 4.92. The van der Waals surface area contributed by atoms with E-state index >= 15 is 0 Å². The first kappa shape index (κ1) is 27.4. The number of piperidine rings is 1. The Morgan fingerprint density at radius 2 is 1.97 bits per heavy atom. The molecule has 6 nitrogen and oxygen atoms in total. The number of alkyl halides is 3. The molecule has 1 unspecified atom stereocenters. The molecular formula is C29H29F3N2O4. The summed E-state index contributed by atoms with van der Waals surface area (Å²) in [6.07, 6.45) is -1.89. The highest BCUT2D eigenvalue weighted by molar-refractivity contribution is 5.83. The van der Waals surface area contributed by atoms with Crippen LogP contribution >= 0.6 is 0 Å². The van der Waals surface area contributed by atoms with Crippen molar-refractivity contribution in [2.24, 2.45) is 11.8 Å². The van der Waals surface area contributed by atoms with Gasteiger partial charge in [0.05, 0.1) is 36.8 Å². The molecule has 0 amide bonds. The lowest BCUT2D eigenvalue weighted by molar-refractivity contribution is -0.146. The molecule has 38 heavy (non-hydrogen) atoms. The zero-order valence-electron chi connectivity index (χ0n) is 20.9. The maximum atomic E-state index is 12.7. The van der Waals surface area contributed by atoms with Crippen LogP contribution in [0.3, 0.4) is 0 Å². The highest BCUT2D eigenvalue weighted by atomic mass is 19.4. The summed E-state index contributed by atoms with van der Waals surface area (Å²) in [6, 6.07) is 11.9. The van der Waals surface area contributed by atoms with Gasteiger partial charge in [0, 0.05) is 23.7 Å². The van der Waals surface area contributed by atoms with Crippen LogP contribution in [-0.2, 0) is 11.0 Å². The van der Waals surface area contributed by atoms with Crippen LogP contribution in [0.15, 0.2) is 54.7 Å². The molecule has 0 radical (unpaired) electrons. The predicted molar refractivity (Wildman–Crippen MR) is 136 cm³/mol. The van der Waals surface area contributed by atoms with Crippen LogP contribution in [0.5, 0.6) is 5.75 Å². The van der Waals surface area contributed by atoms with Gasteiger partial charge < -0.3 is 14.9 Å². The van der Waals surface area contributed by atoms with Gasteiger partial charge in [0.1, 0.15) is 5.75 Å². The van der Waals surface area contributed by atoms with E-state index in [1.807, 2.05) is 23.1 Å². The molecule has 0 bridgehead atoms. The molecule has 1 saturated heterocycles. The van der Waals surface area contributed by atoms with Gasteiger partial charge in [-0.15, -0.1) is 0 Å². The Hall–Kier alpha value is -3.61. The van der Waals surface area contributed by atoms with Crippen molar-refractivity contribution in [2.45, 2.75) is 31.5 Å². The Balaban J connectivity index is 1.35. The number of halogens is 3. The summed E-state index contributed by atoms with van der Waals surface area (Å²) >= 11 is 0. The van der Waals surface area contributed by atoms with E-state index < -0.39 is 29.7 Å². The Morgan fingerprint density at radius 1 is 1.21 bits per heavy atom. The van der Waals surface area contributed by atoms with Gasteiger partial charge in [0.25, 0.3) is 0 Å². The predicted octanol–water partition coefficient (Wildman–Crippen LogP) is 5.15. The third-order valence-corrected chi connectivity index (χ3v) is 7.06. The second kappa shape index (κ2) is 11.8. The van der Waals surface area contributed by atoms with E-state index in [4.69, 9.17) is 4.74 Å². The first-order chi connectivity index (χ1) is 18.2. The van der Waals surface area contributed by atoms with Crippen LogP contribution < -0.4 is 4.74 Å². The lowest BCUT2D eigenvalue weighted by Crippen LogP contribution is -2.44. The van der Waals surface area contributed by atoms with Crippen LogP contribution in [0.25, 0.3) is 10.9 Å². The highest BCUT2D eigenvalue weighted by Crippen LogP contribution is 2.34.